The van der Waals surface area contributed by atoms with E-state index in [2.05, 4.69) is 41.2 Å². The molecule has 0 fully saturated rings. The molecular formula is C14H14BrCl2NS. The Morgan fingerprint density at radius 3 is 2.63 bits per heavy atom. The van der Waals surface area contributed by atoms with Crippen molar-refractivity contribution < 1.29 is 0 Å². The van der Waals surface area contributed by atoms with Gasteiger partial charge in [0.2, 0.25) is 0 Å². The number of aryl methyl sites for hydroxylation is 1. The molecule has 0 aliphatic heterocycles. The van der Waals surface area contributed by atoms with Crippen LogP contribution in [0, 0.1) is 6.92 Å². The molecule has 5 heteroatoms. The summed E-state index contributed by atoms with van der Waals surface area (Å²) < 4.78 is 1.11. The zero-order valence-electron chi connectivity index (χ0n) is 10.6. The van der Waals surface area contributed by atoms with Crippen LogP contribution in [0.3, 0.4) is 0 Å². The van der Waals surface area contributed by atoms with E-state index in [4.69, 9.17) is 23.2 Å². The molecule has 0 bridgehead atoms. The van der Waals surface area contributed by atoms with Crippen molar-refractivity contribution in [1.29, 1.82) is 0 Å². The SMILES string of the molecule is CCNC(c1cc(Cl)ccc1Cl)c1sc(C)cc1Br. The molecule has 2 rings (SSSR count). The molecule has 1 atom stereocenters. The van der Waals surface area contributed by atoms with Gasteiger partial charge in [-0.25, -0.2) is 0 Å². The molecule has 1 N–H and O–H groups in total. The average Bonchev–Trinajstić information content (AvgIpc) is 2.69. The van der Waals surface area contributed by atoms with Crippen LogP contribution in [-0.4, -0.2) is 6.54 Å². The van der Waals surface area contributed by atoms with Gasteiger partial charge in [0.15, 0.2) is 0 Å². The first-order chi connectivity index (χ1) is 9.02. The Morgan fingerprint density at radius 1 is 1.32 bits per heavy atom. The Morgan fingerprint density at radius 2 is 2.05 bits per heavy atom. The molecule has 2 aromatic rings. The monoisotopic (exact) mass is 377 g/mol. The van der Waals surface area contributed by atoms with Crippen LogP contribution in [0.4, 0.5) is 0 Å². The van der Waals surface area contributed by atoms with Gasteiger partial charge in [-0.3, -0.25) is 0 Å². The fraction of sp³-hybridized carbons (Fsp3) is 0.286. The molecule has 1 unspecified atom stereocenters. The zero-order valence-corrected chi connectivity index (χ0v) is 14.6. The van der Waals surface area contributed by atoms with Crippen molar-refractivity contribution in [3.05, 3.63) is 54.1 Å². The van der Waals surface area contributed by atoms with Gasteiger partial charge in [0.05, 0.1) is 6.04 Å². The van der Waals surface area contributed by atoms with Crippen LogP contribution in [-0.2, 0) is 0 Å². The van der Waals surface area contributed by atoms with Crippen LogP contribution in [0.15, 0.2) is 28.7 Å². The third-order valence-corrected chi connectivity index (χ3v) is 5.39. The van der Waals surface area contributed by atoms with Gasteiger partial charge >= 0.3 is 0 Å². The van der Waals surface area contributed by atoms with Crippen LogP contribution in [0.5, 0.6) is 0 Å². The summed E-state index contributed by atoms with van der Waals surface area (Å²) in [6.45, 7) is 5.04. The molecule has 1 aromatic carbocycles. The van der Waals surface area contributed by atoms with Crippen LogP contribution in [0.1, 0.15) is 28.3 Å². The minimum Gasteiger partial charge on any atom is -0.306 e. The predicted molar refractivity (Wildman–Crippen MR) is 88.7 cm³/mol. The van der Waals surface area contributed by atoms with Gasteiger partial charge in [-0.2, -0.15) is 0 Å². The summed E-state index contributed by atoms with van der Waals surface area (Å²) in [7, 11) is 0. The van der Waals surface area contributed by atoms with Gasteiger partial charge in [-0.15, -0.1) is 11.3 Å². The van der Waals surface area contributed by atoms with Gasteiger partial charge in [0, 0.05) is 24.3 Å². The largest absolute Gasteiger partial charge is 0.306 e. The number of hydrogen-bond acceptors (Lipinski definition) is 2. The van der Waals surface area contributed by atoms with E-state index in [9.17, 15) is 0 Å². The highest BCUT2D eigenvalue weighted by Gasteiger charge is 2.21. The average molecular weight is 379 g/mol. The molecule has 1 nitrogen and oxygen atoms in total. The molecule has 0 aliphatic rings. The van der Waals surface area contributed by atoms with Crippen molar-refractivity contribution >= 4 is 50.5 Å². The maximum absolute atomic E-state index is 6.33. The Bertz CT molecular complexity index is 583. The Hall–Kier alpha value is -0.0600. The normalized spacial score (nSPS) is 12.7. The number of thiophene rings is 1. The molecule has 102 valence electrons. The lowest BCUT2D eigenvalue weighted by Gasteiger charge is -2.19. The van der Waals surface area contributed by atoms with Crippen molar-refractivity contribution in [2.45, 2.75) is 19.9 Å². The molecule has 0 spiro atoms. The maximum atomic E-state index is 6.33. The Kier molecular flexibility index (Phi) is 5.32. The van der Waals surface area contributed by atoms with Crippen molar-refractivity contribution in [2.24, 2.45) is 0 Å². The summed E-state index contributed by atoms with van der Waals surface area (Å²) in [6.07, 6.45) is 0. The maximum Gasteiger partial charge on any atom is 0.0697 e. The van der Waals surface area contributed by atoms with Crippen LogP contribution >= 0.6 is 50.5 Å². The van der Waals surface area contributed by atoms with Crippen LogP contribution < -0.4 is 5.32 Å². The van der Waals surface area contributed by atoms with E-state index in [1.165, 1.54) is 9.75 Å². The third-order valence-electron chi connectivity index (χ3n) is 2.78. The molecule has 0 saturated heterocycles. The van der Waals surface area contributed by atoms with Crippen molar-refractivity contribution in [1.82, 2.24) is 5.32 Å². The van der Waals surface area contributed by atoms with Gasteiger partial charge < -0.3 is 5.32 Å². The highest BCUT2D eigenvalue weighted by molar-refractivity contribution is 9.10. The van der Waals surface area contributed by atoms with Crippen molar-refractivity contribution in [3.8, 4) is 0 Å². The Labute approximate surface area is 136 Å². The predicted octanol–water partition coefficient (Wildman–Crippen LogP) is 5.82. The molecule has 0 amide bonds. The summed E-state index contributed by atoms with van der Waals surface area (Å²) in [5.41, 5.74) is 1.01. The van der Waals surface area contributed by atoms with Gasteiger partial charge in [-0.1, -0.05) is 30.1 Å². The fourth-order valence-corrected chi connectivity index (χ4v) is 4.36. The van der Waals surface area contributed by atoms with Gasteiger partial charge in [0.1, 0.15) is 0 Å². The summed E-state index contributed by atoms with van der Waals surface area (Å²) >= 11 is 17.8. The summed E-state index contributed by atoms with van der Waals surface area (Å²) in [4.78, 5) is 2.49. The molecule has 0 saturated carbocycles. The van der Waals surface area contributed by atoms with E-state index in [0.717, 1.165) is 21.6 Å². The van der Waals surface area contributed by atoms with E-state index in [0.29, 0.717) is 5.02 Å². The smallest absolute Gasteiger partial charge is 0.0697 e. The summed E-state index contributed by atoms with van der Waals surface area (Å²) in [6, 6.07) is 7.77. The summed E-state index contributed by atoms with van der Waals surface area (Å²) in [5, 5.41) is 4.91. The third kappa shape index (κ3) is 3.53. The second-order valence-electron chi connectivity index (χ2n) is 4.23. The van der Waals surface area contributed by atoms with E-state index in [1.54, 1.807) is 11.3 Å². The lowest BCUT2D eigenvalue weighted by molar-refractivity contribution is 0.638. The highest BCUT2D eigenvalue weighted by Crippen LogP contribution is 2.38. The second-order valence-corrected chi connectivity index (χ2v) is 7.21. The quantitative estimate of drug-likeness (QED) is 0.706. The van der Waals surface area contributed by atoms with E-state index in [-0.39, 0.29) is 6.04 Å². The number of benzene rings is 1. The number of nitrogens with one attached hydrogen (secondary N) is 1. The topological polar surface area (TPSA) is 12.0 Å². The zero-order chi connectivity index (χ0) is 14.0. The molecular weight excluding hydrogens is 365 g/mol. The molecule has 0 radical (unpaired) electrons. The Balaban J connectivity index is 2.51. The number of rotatable bonds is 4. The summed E-state index contributed by atoms with van der Waals surface area (Å²) in [5.74, 6) is 0. The first-order valence-corrected chi connectivity index (χ1v) is 8.33. The van der Waals surface area contributed by atoms with Gasteiger partial charge in [0.25, 0.3) is 0 Å². The molecule has 1 aromatic heterocycles. The molecule has 19 heavy (non-hydrogen) atoms. The van der Waals surface area contributed by atoms with E-state index >= 15 is 0 Å². The van der Waals surface area contributed by atoms with Crippen LogP contribution in [0.2, 0.25) is 10.0 Å². The first-order valence-electron chi connectivity index (χ1n) is 5.97. The van der Waals surface area contributed by atoms with Crippen LogP contribution in [0.25, 0.3) is 0 Å². The van der Waals surface area contributed by atoms with Crippen molar-refractivity contribution in [2.75, 3.05) is 6.54 Å². The molecule has 1 heterocycles. The minimum absolute atomic E-state index is 0.0595. The fourth-order valence-electron chi connectivity index (χ4n) is 1.98. The second kappa shape index (κ2) is 6.59. The number of hydrogen-bond donors (Lipinski definition) is 1. The van der Waals surface area contributed by atoms with E-state index in [1.807, 2.05) is 18.2 Å². The van der Waals surface area contributed by atoms with Gasteiger partial charge in [-0.05, 0) is 59.2 Å². The number of halogens is 3. The molecule has 0 aliphatic carbocycles. The van der Waals surface area contributed by atoms with E-state index < -0.39 is 0 Å². The first kappa shape index (κ1) is 15.3. The standard InChI is InChI=1S/C14H14BrCl2NS/c1-3-18-13(14-11(15)6-8(2)19-14)10-7-9(16)4-5-12(10)17/h4-7,13,18H,3H2,1-2H3. The lowest BCUT2D eigenvalue weighted by Crippen LogP contribution is -2.21. The van der Waals surface area contributed by atoms with Crippen molar-refractivity contribution in [3.63, 3.8) is 0 Å². The highest BCUT2D eigenvalue weighted by atomic mass is 79.9. The minimum atomic E-state index is 0.0595. The lowest BCUT2D eigenvalue weighted by atomic mass is 10.1.